The van der Waals surface area contributed by atoms with Crippen LogP contribution in [0.2, 0.25) is 0 Å². The van der Waals surface area contributed by atoms with Gasteiger partial charge in [-0.2, -0.15) is 0 Å². The molecule has 0 atom stereocenters. The molecule has 0 unspecified atom stereocenters. The molecule has 6 nitrogen and oxygen atoms in total. The Kier molecular flexibility index (Phi) is 9.63. The molecule has 1 heterocycles. The fourth-order valence-corrected chi connectivity index (χ4v) is 5.33. The normalized spacial score (nSPS) is 30.1. The summed E-state index contributed by atoms with van der Waals surface area (Å²) in [4.78, 5) is 27.5. The van der Waals surface area contributed by atoms with Crippen molar-refractivity contribution in [1.29, 1.82) is 0 Å². The fraction of sp³-hybridized carbons (Fsp3) is 0.667. The highest BCUT2D eigenvalue weighted by molar-refractivity contribution is 6.52. The third-order valence-electron chi connectivity index (χ3n) is 7.07. The number of rotatable bonds is 7. The van der Waals surface area contributed by atoms with E-state index in [0.717, 1.165) is 55.8 Å². The van der Waals surface area contributed by atoms with Gasteiger partial charge in [-0.05, 0) is 63.5 Å². The van der Waals surface area contributed by atoms with Crippen LogP contribution in [-0.4, -0.2) is 50.6 Å². The molecule has 31 heavy (non-hydrogen) atoms. The number of Topliss-reactive ketones (excluding diaryl/α,β-unsaturated/α-hetero) is 1. The minimum Gasteiger partial charge on any atom is -0.319 e. The van der Waals surface area contributed by atoms with E-state index in [-0.39, 0.29) is 5.41 Å². The second-order valence-electron chi connectivity index (χ2n) is 8.68. The number of hydrogen-bond donors (Lipinski definition) is 2. The third-order valence-corrected chi connectivity index (χ3v) is 7.30. The molecule has 0 amide bonds. The molecule has 3 saturated carbocycles. The number of halogens is 1. The molecule has 3 aliphatic carbocycles. The van der Waals surface area contributed by atoms with Crippen molar-refractivity contribution >= 4 is 35.2 Å². The van der Waals surface area contributed by atoms with Crippen molar-refractivity contribution in [3.05, 3.63) is 24.0 Å². The molecule has 0 aromatic rings. The smallest absolute Gasteiger partial charge is 0.138 e. The lowest BCUT2D eigenvalue weighted by atomic mass is 9.52. The number of aliphatic imine (C=N–C) groups is 3. The van der Waals surface area contributed by atoms with Gasteiger partial charge in [-0.1, -0.05) is 20.4 Å². The van der Waals surface area contributed by atoms with Crippen molar-refractivity contribution < 1.29 is 4.79 Å². The monoisotopic (exact) mass is 447 g/mol. The van der Waals surface area contributed by atoms with Gasteiger partial charge in [0.25, 0.3) is 0 Å². The number of fused-ring (bicyclic) bond motifs is 3. The van der Waals surface area contributed by atoms with Gasteiger partial charge in [0.05, 0.1) is 18.0 Å². The summed E-state index contributed by atoms with van der Waals surface area (Å²) >= 11 is 5.67. The van der Waals surface area contributed by atoms with Crippen LogP contribution < -0.4 is 10.2 Å². The first-order chi connectivity index (χ1) is 14.9. The van der Waals surface area contributed by atoms with Gasteiger partial charge >= 0.3 is 0 Å². The van der Waals surface area contributed by atoms with Crippen molar-refractivity contribution in [2.75, 3.05) is 27.2 Å². The van der Waals surface area contributed by atoms with E-state index in [9.17, 15) is 4.79 Å². The summed E-state index contributed by atoms with van der Waals surface area (Å²) in [6, 6.07) is 0. The highest BCUT2D eigenvalue weighted by Gasteiger charge is 2.50. The zero-order valence-corrected chi connectivity index (χ0v) is 20.3. The maximum absolute atomic E-state index is 12.0. The zero-order valence-electron chi connectivity index (χ0n) is 19.6. The average Bonchev–Trinajstić information content (AvgIpc) is 3.03. The summed E-state index contributed by atoms with van der Waals surface area (Å²) in [6.45, 7) is 9.41. The first-order valence-corrected chi connectivity index (χ1v) is 11.8. The minimum atomic E-state index is 0.101. The standard InChI is InChI=1S/C13H23NO.C11H15ClN4/c1-3-11(15)13-7-4-12(5-8-13,6-9-13)10-14-2;1-4-8-10(13-3)11(9(5-2)16-12)15-7-6-14-8/h14H,3-10H2,1-2H3;4,7,16H,1,5-6H2,2-3H3/b;11-9-,13-10?. The number of ketones is 1. The van der Waals surface area contributed by atoms with E-state index in [1.165, 1.54) is 19.3 Å². The summed E-state index contributed by atoms with van der Waals surface area (Å²) in [5.41, 5.74) is 3.65. The predicted molar refractivity (Wildman–Crippen MR) is 132 cm³/mol. The van der Waals surface area contributed by atoms with Crippen LogP contribution in [0.3, 0.4) is 0 Å². The molecule has 4 aliphatic rings. The second-order valence-corrected chi connectivity index (χ2v) is 8.87. The largest absolute Gasteiger partial charge is 0.319 e. The van der Waals surface area contributed by atoms with E-state index in [1.807, 2.05) is 20.9 Å². The Balaban J connectivity index is 0.000000220. The first-order valence-electron chi connectivity index (χ1n) is 11.4. The lowest BCUT2D eigenvalue weighted by molar-refractivity contribution is -0.137. The van der Waals surface area contributed by atoms with E-state index < -0.39 is 0 Å². The summed E-state index contributed by atoms with van der Waals surface area (Å²) in [5.74, 6) is 0.528. The number of carbonyl (C=O) groups excluding carboxylic acids is 1. The third kappa shape index (κ3) is 5.72. The predicted octanol–water partition coefficient (Wildman–Crippen LogP) is 4.66. The Hall–Kier alpha value is -1.79. The van der Waals surface area contributed by atoms with Crippen LogP contribution in [0.25, 0.3) is 0 Å². The van der Waals surface area contributed by atoms with Gasteiger partial charge in [0, 0.05) is 43.4 Å². The summed E-state index contributed by atoms with van der Waals surface area (Å²) in [5, 5.41) is 3.32. The molecule has 2 N–H and O–H groups in total. The topological polar surface area (TPSA) is 78.2 Å². The summed E-state index contributed by atoms with van der Waals surface area (Å²) in [6.07, 6.45) is 12.2. The van der Waals surface area contributed by atoms with Crippen molar-refractivity contribution in [1.82, 2.24) is 10.2 Å². The SMILES string of the molecule is C=CC1=NCC=N/C(=C(/CC)NCl)C1=NC.CCC(=O)C12CCC(CNC)(CC1)CC2. The van der Waals surface area contributed by atoms with Crippen molar-refractivity contribution in [2.45, 2.75) is 65.2 Å². The molecule has 172 valence electrons. The van der Waals surface area contributed by atoms with Crippen LogP contribution in [0.5, 0.6) is 0 Å². The highest BCUT2D eigenvalue weighted by atomic mass is 35.5. The first kappa shape index (κ1) is 25.5. The number of nitrogens with one attached hydrogen (secondary N) is 2. The molecule has 0 spiro atoms. The van der Waals surface area contributed by atoms with E-state index in [4.69, 9.17) is 11.8 Å². The molecular weight excluding hydrogens is 410 g/mol. The zero-order chi connectivity index (χ0) is 22.9. The highest BCUT2D eigenvalue weighted by Crippen LogP contribution is 2.57. The van der Waals surface area contributed by atoms with Crippen molar-refractivity contribution in [3.8, 4) is 0 Å². The molecule has 0 radical (unpaired) electrons. The number of hydrogen-bond acceptors (Lipinski definition) is 6. The molecule has 7 heteroatoms. The number of carbonyl (C=O) groups is 1. The van der Waals surface area contributed by atoms with Gasteiger partial charge in [-0.15, -0.1) is 0 Å². The number of nitrogens with zero attached hydrogens (tertiary/aromatic N) is 3. The summed E-state index contributed by atoms with van der Waals surface area (Å²) < 4.78 is 0. The Labute approximate surface area is 192 Å². The maximum Gasteiger partial charge on any atom is 0.138 e. The average molecular weight is 448 g/mol. The molecule has 1 aliphatic heterocycles. The molecular formula is C24H38ClN5O. The van der Waals surface area contributed by atoms with Crippen LogP contribution in [-0.2, 0) is 4.79 Å². The molecule has 0 saturated heterocycles. The van der Waals surface area contributed by atoms with Gasteiger partial charge in [-0.3, -0.25) is 19.8 Å². The second kappa shape index (κ2) is 11.7. The summed E-state index contributed by atoms with van der Waals surface area (Å²) in [7, 11) is 3.75. The quantitative estimate of drug-likeness (QED) is 0.557. The molecule has 4 rings (SSSR count). The maximum atomic E-state index is 12.0. The Morgan fingerprint density at radius 2 is 1.87 bits per heavy atom. The van der Waals surface area contributed by atoms with Crippen LogP contribution >= 0.6 is 11.8 Å². The van der Waals surface area contributed by atoms with Crippen molar-refractivity contribution in [2.24, 2.45) is 25.8 Å². The van der Waals surface area contributed by atoms with Gasteiger partial charge in [-0.25, -0.2) is 0 Å². The Morgan fingerprint density at radius 1 is 1.23 bits per heavy atom. The van der Waals surface area contributed by atoms with Gasteiger partial charge in [0.2, 0.25) is 0 Å². The number of allylic oxidation sites excluding steroid dienone is 3. The van der Waals surface area contributed by atoms with Crippen LogP contribution in [0.4, 0.5) is 0 Å². The molecule has 2 bridgehead atoms. The van der Waals surface area contributed by atoms with Crippen LogP contribution in [0, 0.1) is 10.8 Å². The fourth-order valence-electron chi connectivity index (χ4n) is 5.11. The van der Waals surface area contributed by atoms with E-state index in [2.05, 4.69) is 31.7 Å². The van der Waals surface area contributed by atoms with Gasteiger partial charge < -0.3 is 10.2 Å². The van der Waals surface area contributed by atoms with Crippen LogP contribution in [0.15, 0.2) is 39.0 Å². The van der Waals surface area contributed by atoms with Gasteiger partial charge in [0.1, 0.15) is 17.2 Å². The Morgan fingerprint density at radius 3 is 2.32 bits per heavy atom. The lowest BCUT2D eigenvalue weighted by Crippen LogP contribution is -2.49. The molecule has 3 fully saturated rings. The minimum absolute atomic E-state index is 0.101. The Bertz CT molecular complexity index is 750. The van der Waals surface area contributed by atoms with E-state index >= 15 is 0 Å². The van der Waals surface area contributed by atoms with Gasteiger partial charge in [0.15, 0.2) is 0 Å². The van der Waals surface area contributed by atoms with E-state index in [0.29, 0.717) is 23.5 Å². The molecule has 0 aromatic carbocycles. The lowest BCUT2D eigenvalue weighted by Gasteiger charge is -2.52. The van der Waals surface area contributed by atoms with Crippen LogP contribution in [0.1, 0.15) is 65.2 Å². The van der Waals surface area contributed by atoms with E-state index in [1.54, 1.807) is 19.3 Å². The molecule has 0 aromatic heterocycles. The van der Waals surface area contributed by atoms with Crippen molar-refractivity contribution in [3.63, 3.8) is 0 Å².